The molecule has 2 aromatic carbocycles. The minimum absolute atomic E-state index is 0.232. The van der Waals surface area contributed by atoms with E-state index in [1.165, 1.54) is 0 Å². The minimum Gasteiger partial charge on any atom is -0.490 e. The van der Waals surface area contributed by atoms with Gasteiger partial charge in [-0.05, 0) is 49.6 Å². The summed E-state index contributed by atoms with van der Waals surface area (Å²) in [6, 6.07) is 13.8. The highest BCUT2D eigenvalue weighted by molar-refractivity contribution is 6.32. The van der Waals surface area contributed by atoms with E-state index < -0.39 is 0 Å². The molecular formula is C20H26ClNO3. The molecule has 5 heteroatoms. The van der Waals surface area contributed by atoms with Crippen LogP contribution < -0.4 is 14.8 Å². The van der Waals surface area contributed by atoms with Gasteiger partial charge in [-0.25, -0.2) is 0 Å². The molecule has 0 unspecified atom stereocenters. The Morgan fingerprint density at radius 2 is 1.84 bits per heavy atom. The summed E-state index contributed by atoms with van der Waals surface area (Å²) in [7, 11) is 0. The van der Waals surface area contributed by atoms with Gasteiger partial charge < -0.3 is 19.9 Å². The van der Waals surface area contributed by atoms with Gasteiger partial charge >= 0.3 is 0 Å². The van der Waals surface area contributed by atoms with Gasteiger partial charge in [-0.2, -0.15) is 0 Å². The maximum absolute atomic E-state index is 8.80. The second-order valence-electron chi connectivity index (χ2n) is 5.72. The molecule has 2 aromatic rings. The number of rotatable bonds is 11. The Balaban J connectivity index is 2.03. The first-order chi connectivity index (χ1) is 12.2. The van der Waals surface area contributed by atoms with E-state index in [4.69, 9.17) is 26.2 Å². The quantitative estimate of drug-likeness (QED) is 0.588. The number of hydrogen-bond acceptors (Lipinski definition) is 4. The van der Waals surface area contributed by atoms with Crippen LogP contribution in [-0.4, -0.2) is 24.9 Å². The van der Waals surface area contributed by atoms with Crippen molar-refractivity contribution in [1.82, 2.24) is 5.32 Å². The van der Waals surface area contributed by atoms with Crippen molar-refractivity contribution in [3.05, 3.63) is 58.6 Å². The molecular weight excluding hydrogens is 338 g/mol. The zero-order chi connectivity index (χ0) is 17.9. The fourth-order valence-corrected chi connectivity index (χ4v) is 2.74. The summed E-state index contributed by atoms with van der Waals surface area (Å²) in [5.74, 6) is 1.24. The molecule has 0 radical (unpaired) electrons. The number of ether oxygens (including phenoxy) is 2. The normalized spacial score (nSPS) is 10.7. The van der Waals surface area contributed by atoms with Gasteiger partial charge in [0.25, 0.3) is 0 Å². The summed E-state index contributed by atoms with van der Waals surface area (Å²) >= 11 is 6.43. The molecule has 2 N–H and O–H groups in total. The largest absolute Gasteiger partial charge is 0.490 e. The molecule has 0 heterocycles. The Hall–Kier alpha value is -1.75. The van der Waals surface area contributed by atoms with Crippen molar-refractivity contribution in [2.45, 2.75) is 32.9 Å². The fourth-order valence-electron chi connectivity index (χ4n) is 2.45. The molecule has 0 aromatic heterocycles. The highest BCUT2D eigenvalue weighted by Crippen LogP contribution is 2.37. The number of aliphatic hydroxyl groups is 1. The first-order valence-corrected chi connectivity index (χ1v) is 9.06. The molecule has 0 spiro atoms. The van der Waals surface area contributed by atoms with Crippen molar-refractivity contribution in [3.8, 4) is 11.5 Å². The number of unbranched alkanes of at least 4 members (excludes halogenated alkanes) is 1. The molecule has 0 aliphatic heterocycles. The summed E-state index contributed by atoms with van der Waals surface area (Å²) in [6.07, 6.45) is 1.75. The molecule has 0 saturated heterocycles. The van der Waals surface area contributed by atoms with Crippen molar-refractivity contribution >= 4 is 11.6 Å². The summed E-state index contributed by atoms with van der Waals surface area (Å²) in [5, 5.41) is 12.7. The van der Waals surface area contributed by atoms with Crippen LogP contribution in [0.2, 0.25) is 5.02 Å². The number of benzene rings is 2. The Morgan fingerprint density at radius 1 is 1.04 bits per heavy atom. The summed E-state index contributed by atoms with van der Waals surface area (Å²) in [4.78, 5) is 0. The molecule has 0 atom stereocenters. The van der Waals surface area contributed by atoms with Crippen LogP contribution in [0, 0.1) is 0 Å². The molecule has 4 nitrogen and oxygen atoms in total. The van der Waals surface area contributed by atoms with Gasteiger partial charge in [0.05, 0.1) is 11.6 Å². The minimum atomic E-state index is 0.232. The van der Waals surface area contributed by atoms with Gasteiger partial charge in [0, 0.05) is 13.2 Å². The van der Waals surface area contributed by atoms with Crippen molar-refractivity contribution in [2.24, 2.45) is 0 Å². The average molecular weight is 364 g/mol. The average Bonchev–Trinajstić information content (AvgIpc) is 2.62. The Kier molecular flexibility index (Phi) is 8.60. The van der Waals surface area contributed by atoms with Crippen LogP contribution in [0.1, 0.15) is 30.9 Å². The van der Waals surface area contributed by atoms with Gasteiger partial charge in [0.2, 0.25) is 0 Å². The van der Waals surface area contributed by atoms with Crippen LogP contribution in [0.25, 0.3) is 0 Å². The van der Waals surface area contributed by atoms with E-state index in [0.717, 1.165) is 30.5 Å². The molecule has 0 amide bonds. The lowest BCUT2D eigenvalue weighted by Gasteiger charge is -2.15. The molecule has 2 rings (SSSR count). The maximum atomic E-state index is 8.80. The Morgan fingerprint density at radius 3 is 2.56 bits per heavy atom. The zero-order valence-corrected chi connectivity index (χ0v) is 15.4. The third-order valence-electron chi connectivity index (χ3n) is 3.69. The monoisotopic (exact) mass is 363 g/mol. The van der Waals surface area contributed by atoms with Gasteiger partial charge in [-0.3, -0.25) is 0 Å². The van der Waals surface area contributed by atoms with E-state index in [1.807, 2.05) is 49.4 Å². The summed E-state index contributed by atoms with van der Waals surface area (Å²) < 4.78 is 11.6. The Labute approximate surface area is 154 Å². The number of aliphatic hydroxyl groups excluding tert-OH is 1. The SMILES string of the molecule is CCOc1cc(CNCCCCO)cc(Cl)c1OCc1ccccc1. The van der Waals surface area contributed by atoms with Gasteiger partial charge in [-0.1, -0.05) is 41.9 Å². The van der Waals surface area contributed by atoms with Gasteiger partial charge in [0.15, 0.2) is 11.5 Å². The third kappa shape index (κ3) is 6.58. The Bertz CT molecular complexity index is 634. The fraction of sp³-hybridized carbons (Fsp3) is 0.400. The van der Waals surface area contributed by atoms with Gasteiger partial charge in [0.1, 0.15) is 6.61 Å². The van der Waals surface area contributed by atoms with E-state index in [-0.39, 0.29) is 6.61 Å². The molecule has 0 aliphatic carbocycles. The third-order valence-corrected chi connectivity index (χ3v) is 3.97. The van der Waals surface area contributed by atoms with Crippen LogP contribution in [0.3, 0.4) is 0 Å². The van der Waals surface area contributed by atoms with E-state index in [9.17, 15) is 0 Å². The highest BCUT2D eigenvalue weighted by Gasteiger charge is 2.13. The molecule has 0 fully saturated rings. The lowest BCUT2D eigenvalue weighted by molar-refractivity contribution is 0.269. The first kappa shape index (κ1) is 19.6. The topological polar surface area (TPSA) is 50.7 Å². The number of nitrogens with one attached hydrogen (secondary N) is 1. The smallest absolute Gasteiger partial charge is 0.180 e. The highest BCUT2D eigenvalue weighted by atomic mass is 35.5. The van der Waals surface area contributed by atoms with Crippen LogP contribution in [0.4, 0.5) is 0 Å². The number of hydrogen-bond donors (Lipinski definition) is 2. The van der Waals surface area contributed by atoms with Crippen molar-refractivity contribution < 1.29 is 14.6 Å². The van der Waals surface area contributed by atoms with E-state index in [0.29, 0.717) is 36.3 Å². The van der Waals surface area contributed by atoms with E-state index in [1.54, 1.807) is 0 Å². The lowest BCUT2D eigenvalue weighted by atomic mass is 10.2. The van der Waals surface area contributed by atoms with E-state index in [2.05, 4.69) is 5.32 Å². The predicted octanol–water partition coefficient (Wildman–Crippen LogP) is 4.18. The molecule has 0 saturated carbocycles. The van der Waals surface area contributed by atoms with Gasteiger partial charge in [-0.15, -0.1) is 0 Å². The predicted molar refractivity (Wildman–Crippen MR) is 101 cm³/mol. The van der Waals surface area contributed by atoms with Crippen LogP contribution in [-0.2, 0) is 13.2 Å². The lowest BCUT2D eigenvalue weighted by Crippen LogP contribution is -2.15. The molecule has 0 aliphatic rings. The van der Waals surface area contributed by atoms with Crippen LogP contribution >= 0.6 is 11.6 Å². The second-order valence-corrected chi connectivity index (χ2v) is 6.13. The standard InChI is InChI=1S/C20H26ClNO3/c1-2-24-19-13-17(14-22-10-6-7-11-23)12-18(21)20(19)25-15-16-8-4-3-5-9-16/h3-5,8-9,12-13,22-23H,2,6-7,10-11,14-15H2,1H3. The van der Waals surface area contributed by atoms with Crippen molar-refractivity contribution in [1.29, 1.82) is 0 Å². The molecule has 25 heavy (non-hydrogen) atoms. The summed E-state index contributed by atoms with van der Waals surface area (Å²) in [6.45, 7) is 4.72. The van der Waals surface area contributed by atoms with Crippen molar-refractivity contribution in [3.63, 3.8) is 0 Å². The second kappa shape index (κ2) is 11.0. The zero-order valence-electron chi connectivity index (χ0n) is 14.6. The maximum Gasteiger partial charge on any atom is 0.180 e. The van der Waals surface area contributed by atoms with Crippen molar-refractivity contribution in [2.75, 3.05) is 19.8 Å². The van der Waals surface area contributed by atoms with Crippen LogP contribution in [0.5, 0.6) is 11.5 Å². The molecule has 136 valence electrons. The van der Waals surface area contributed by atoms with Crippen LogP contribution in [0.15, 0.2) is 42.5 Å². The molecule has 0 bridgehead atoms. The number of halogens is 1. The summed E-state index contributed by atoms with van der Waals surface area (Å²) in [5.41, 5.74) is 2.13. The first-order valence-electron chi connectivity index (χ1n) is 8.68. The van der Waals surface area contributed by atoms with E-state index >= 15 is 0 Å².